The molecule has 2 atom stereocenters. The molecule has 5 nitrogen and oxygen atoms in total. The van der Waals surface area contributed by atoms with Crippen LogP contribution in [0.2, 0.25) is 0 Å². The number of carboxylic acid groups (broad SMARTS) is 1. The molecule has 0 aromatic heterocycles. The third-order valence-electron chi connectivity index (χ3n) is 4.33. The van der Waals surface area contributed by atoms with Crippen LogP contribution in [0.15, 0.2) is 0 Å². The molecule has 0 aromatic carbocycles. The molecule has 1 aliphatic rings. The number of nitrogens with two attached hydrogens (primary N) is 1. The van der Waals surface area contributed by atoms with Crippen molar-refractivity contribution in [1.29, 1.82) is 0 Å². The van der Waals surface area contributed by atoms with Gasteiger partial charge in [-0.3, -0.25) is 9.59 Å². The summed E-state index contributed by atoms with van der Waals surface area (Å²) in [6.07, 6.45) is 2.43. The molecule has 2 unspecified atom stereocenters. The number of aliphatic carboxylic acids is 1. The Morgan fingerprint density at radius 2 is 2.11 bits per heavy atom. The third-order valence-corrected chi connectivity index (χ3v) is 4.33. The number of hydrogen-bond donors (Lipinski definition) is 2. The summed E-state index contributed by atoms with van der Waals surface area (Å²) in [6.45, 7) is 7.17. The predicted octanol–water partition coefficient (Wildman–Crippen LogP) is 1.32. The molecule has 0 radical (unpaired) electrons. The zero-order valence-electron chi connectivity index (χ0n) is 12.2. The lowest BCUT2D eigenvalue weighted by Crippen LogP contribution is -2.48. The Balaban J connectivity index is 2.69. The van der Waals surface area contributed by atoms with Gasteiger partial charge in [-0.05, 0) is 45.6 Å². The Hall–Kier alpha value is -1.10. The second-order valence-corrected chi connectivity index (χ2v) is 6.13. The van der Waals surface area contributed by atoms with Crippen LogP contribution in [0.25, 0.3) is 0 Å². The van der Waals surface area contributed by atoms with Gasteiger partial charge >= 0.3 is 5.97 Å². The highest BCUT2D eigenvalue weighted by Gasteiger charge is 2.40. The van der Waals surface area contributed by atoms with Crippen molar-refractivity contribution in [1.82, 2.24) is 4.90 Å². The molecule has 1 fully saturated rings. The maximum Gasteiger partial charge on any atom is 0.309 e. The van der Waals surface area contributed by atoms with Crippen LogP contribution in [-0.4, -0.2) is 41.5 Å². The number of carbonyl (C=O) groups is 2. The lowest BCUT2D eigenvalue weighted by Gasteiger charge is -2.40. The van der Waals surface area contributed by atoms with Gasteiger partial charge in [-0.1, -0.05) is 6.92 Å². The minimum atomic E-state index is -0.790. The zero-order valence-corrected chi connectivity index (χ0v) is 12.2. The summed E-state index contributed by atoms with van der Waals surface area (Å²) in [5, 5.41) is 9.29. The monoisotopic (exact) mass is 270 g/mol. The molecule has 0 aromatic rings. The summed E-state index contributed by atoms with van der Waals surface area (Å²) >= 11 is 0. The van der Waals surface area contributed by atoms with Crippen LogP contribution in [0, 0.1) is 17.3 Å². The molecule has 5 heteroatoms. The first-order valence-electron chi connectivity index (χ1n) is 7.03. The molecule has 3 N–H and O–H groups in total. The van der Waals surface area contributed by atoms with E-state index in [1.165, 1.54) is 0 Å². The fraction of sp³-hybridized carbons (Fsp3) is 0.857. The van der Waals surface area contributed by atoms with Crippen molar-refractivity contribution in [2.24, 2.45) is 23.0 Å². The van der Waals surface area contributed by atoms with E-state index in [0.29, 0.717) is 19.5 Å². The van der Waals surface area contributed by atoms with Gasteiger partial charge in [0.1, 0.15) is 0 Å². The largest absolute Gasteiger partial charge is 0.481 e. The number of rotatable bonds is 5. The van der Waals surface area contributed by atoms with Gasteiger partial charge in [0, 0.05) is 19.0 Å². The Morgan fingerprint density at radius 1 is 1.47 bits per heavy atom. The summed E-state index contributed by atoms with van der Waals surface area (Å²) in [4.78, 5) is 25.4. The van der Waals surface area contributed by atoms with E-state index in [4.69, 9.17) is 5.73 Å². The van der Waals surface area contributed by atoms with E-state index in [1.54, 1.807) is 13.8 Å². The molecular weight excluding hydrogens is 244 g/mol. The summed E-state index contributed by atoms with van der Waals surface area (Å²) in [5.74, 6) is -0.734. The van der Waals surface area contributed by atoms with Gasteiger partial charge in [0.15, 0.2) is 0 Å². The quantitative estimate of drug-likeness (QED) is 0.789. The molecule has 1 saturated heterocycles. The average molecular weight is 270 g/mol. The van der Waals surface area contributed by atoms with Gasteiger partial charge in [0.05, 0.1) is 5.41 Å². The number of carbonyl (C=O) groups excluding carboxylic acids is 1. The van der Waals surface area contributed by atoms with E-state index in [-0.39, 0.29) is 17.7 Å². The summed E-state index contributed by atoms with van der Waals surface area (Å²) < 4.78 is 0. The predicted molar refractivity (Wildman–Crippen MR) is 73.6 cm³/mol. The topological polar surface area (TPSA) is 83.6 Å². The van der Waals surface area contributed by atoms with Crippen molar-refractivity contribution in [2.45, 2.75) is 40.0 Å². The number of piperidine rings is 1. The zero-order chi connectivity index (χ0) is 14.6. The molecule has 1 heterocycles. The van der Waals surface area contributed by atoms with Crippen molar-refractivity contribution >= 4 is 11.9 Å². The Kier molecular flexibility index (Phi) is 5.35. The van der Waals surface area contributed by atoms with Crippen molar-refractivity contribution < 1.29 is 14.7 Å². The number of nitrogens with zero attached hydrogens (tertiary/aromatic N) is 1. The van der Waals surface area contributed by atoms with E-state index in [9.17, 15) is 14.7 Å². The third kappa shape index (κ3) is 3.69. The molecule has 1 rings (SSSR count). The van der Waals surface area contributed by atoms with Crippen LogP contribution in [0.4, 0.5) is 0 Å². The first-order chi connectivity index (χ1) is 8.80. The van der Waals surface area contributed by atoms with Gasteiger partial charge in [0.2, 0.25) is 5.91 Å². The maximum atomic E-state index is 12.3. The molecular formula is C14H26N2O3. The van der Waals surface area contributed by atoms with Crippen molar-refractivity contribution in [3.63, 3.8) is 0 Å². The Bertz CT molecular complexity index is 342. The molecule has 0 spiro atoms. The standard InChI is InChI=1S/C14H26N2O3/c1-10(6-7-15)12(17)16-8-4-5-11(9-16)14(2,3)13(18)19/h10-11H,4-9,15H2,1-3H3,(H,18,19). The van der Waals surface area contributed by atoms with Crippen LogP contribution < -0.4 is 5.73 Å². The maximum absolute atomic E-state index is 12.3. The average Bonchev–Trinajstić information content (AvgIpc) is 2.38. The van der Waals surface area contributed by atoms with Crippen LogP contribution in [0.3, 0.4) is 0 Å². The summed E-state index contributed by atoms with van der Waals surface area (Å²) in [7, 11) is 0. The highest BCUT2D eigenvalue weighted by Crippen LogP contribution is 2.34. The van der Waals surface area contributed by atoms with E-state index in [2.05, 4.69) is 0 Å². The number of amides is 1. The summed E-state index contributed by atoms with van der Waals surface area (Å²) in [5.41, 5.74) is 4.70. The molecule has 19 heavy (non-hydrogen) atoms. The first-order valence-corrected chi connectivity index (χ1v) is 7.03. The van der Waals surface area contributed by atoms with E-state index < -0.39 is 11.4 Å². The lowest BCUT2D eigenvalue weighted by atomic mass is 9.74. The second kappa shape index (κ2) is 6.37. The van der Waals surface area contributed by atoms with Crippen LogP contribution >= 0.6 is 0 Å². The molecule has 0 saturated carbocycles. The van der Waals surface area contributed by atoms with Crippen molar-refractivity contribution in [3.8, 4) is 0 Å². The van der Waals surface area contributed by atoms with Gasteiger partial charge in [0.25, 0.3) is 0 Å². The highest BCUT2D eigenvalue weighted by molar-refractivity contribution is 5.79. The van der Waals surface area contributed by atoms with Gasteiger partial charge in [-0.25, -0.2) is 0 Å². The van der Waals surface area contributed by atoms with Gasteiger partial charge in [-0.2, -0.15) is 0 Å². The second-order valence-electron chi connectivity index (χ2n) is 6.13. The fourth-order valence-corrected chi connectivity index (χ4v) is 2.63. The fourth-order valence-electron chi connectivity index (χ4n) is 2.63. The van der Waals surface area contributed by atoms with Crippen LogP contribution in [0.5, 0.6) is 0 Å². The normalized spacial score (nSPS) is 22.1. The number of carboxylic acids is 1. The smallest absolute Gasteiger partial charge is 0.309 e. The highest BCUT2D eigenvalue weighted by atomic mass is 16.4. The van der Waals surface area contributed by atoms with Crippen LogP contribution in [-0.2, 0) is 9.59 Å². The van der Waals surface area contributed by atoms with E-state index >= 15 is 0 Å². The molecule has 1 aliphatic heterocycles. The minimum absolute atomic E-state index is 0.0211. The van der Waals surface area contributed by atoms with Crippen molar-refractivity contribution in [2.75, 3.05) is 19.6 Å². The number of hydrogen-bond acceptors (Lipinski definition) is 3. The van der Waals surface area contributed by atoms with E-state index in [0.717, 1.165) is 19.4 Å². The minimum Gasteiger partial charge on any atom is -0.481 e. The van der Waals surface area contributed by atoms with Gasteiger partial charge < -0.3 is 15.7 Å². The first kappa shape index (κ1) is 16.0. The van der Waals surface area contributed by atoms with Crippen molar-refractivity contribution in [3.05, 3.63) is 0 Å². The molecule has 110 valence electrons. The van der Waals surface area contributed by atoms with Gasteiger partial charge in [-0.15, -0.1) is 0 Å². The number of likely N-dealkylation sites (tertiary alicyclic amines) is 1. The Morgan fingerprint density at radius 3 is 2.63 bits per heavy atom. The SMILES string of the molecule is CC(CCN)C(=O)N1CCCC(C(C)(C)C(=O)O)C1. The lowest BCUT2D eigenvalue weighted by molar-refractivity contribution is -0.153. The molecule has 1 amide bonds. The summed E-state index contributed by atoms with van der Waals surface area (Å²) in [6, 6.07) is 0. The van der Waals surface area contributed by atoms with E-state index in [1.807, 2.05) is 11.8 Å². The molecule has 0 aliphatic carbocycles. The van der Waals surface area contributed by atoms with Crippen LogP contribution in [0.1, 0.15) is 40.0 Å². The Labute approximate surface area is 115 Å². The molecule has 0 bridgehead atoms.